The van der Waals surface area contributed by atoms with E-state index in [0.29, 0.717) is 0 Å². The highest BCUT2D eigenvalue weighted by molar-refractivity contribution is 5.67. The molecule has 4 N–H and O–H groups in total. The van der Waals surface area contributed by atoms with Gasteiger partial charge in [0.2, 0.25) is 0 Å². The van der Waals surface area contributed by atoms with Gasteiger partial charge in [0, 0.05) is 11.4 Å². The predicted octanol–water partition coefficient (Wildman–Crippen LogP) is 2.46. The van der Waals surface area contributed by atoms with Crippen LogP contribution in [0.2, 0.25) is 0 Å². The van der Waals surface area contributed by atoms with Crippen LogP contribution in [-0.4, -0.2) is 9.97 Å². The van der Waals surface area contributed by atoms with Crippen molar-refractivity contribution < 1.29 is 0 Å². The average molecular weight is 344 g/mol. The lowest BCUT2D eigenvalue weighted by Crippen LogP contribution is -2.40. The van der Waals surface area contributed by atoms with Crippen LogP contribution in [0.1, 0.15) is 22.8 Å². The summed E-state index contributed by atoms with van der Waals surface area (Å²) in [6.45, 7) is 3.97. The molecular weight excluding hydrogens is 324 g/mol. The first kappa shape index (κ1) is 16.0. The Balaban J connectivity index is 1.54. The minimum atomic E-state index is 0.907. The average Bonchev–Trinajstić information content (AvgIpc) is 2.68. The van der Waals surface area contributed by atoms with E-state index in [1.807, 2.05) is 74.5 Å². The number of rotatable bonds is 3. The highest BCUT2D eigenvalue weighted by Gasteiger charge is 2.14. The van der Waals surface area contributed by atoms with Crippen LogP contribution in [0.3, 0.4) is 0 Å². The third-order valence-corrected chi connectivity index (χ3v) is 4.12. The molecule has 26 heavy (non-hydrogen) atoms. The fourth-order valence-electron chi connectivity index (χ4n) is 2.77. The Bertz CT molecular complexity index is 888. The van der Waals surface area contributed by atoms with Crippen molar-refractivity contribution in [1.29, 1.82) is 0 Å². The largest absolute Gasteiger partial charge is 0.299 e. The van der Waals surface area contributed by atoms with E-state index in [1.165, 1.54) is 0 Å². The number of hydrogen-bond donors (Lipinski definition) is 4. The van der Waals surface area contributed by atoms with Crippen LogP contribution in [0.5, 0.6) is 0 Å². The first-order chi connectivity index (χ1) is 12.7. The molecule has 2 aromatic rings. The maximum Gasteiger partial charge on any atom is 0.0882 e. The first-order valence-electron chi connectivity index (χ1n) is 8.45. The van der Waals surface area contributed by atoms with Gasteiger partial charge in [-0.15, -0.1) is 0 Å². The van der Waals surface area contributed by atoms with Crippen molar-refractivity contribution in [3.8, 4) is 0 Å². The summed E-state index contributed by atoms with van der Waals surface area (Å²) in [5.41, 5.74) is 20.3. The van der Waals surface area contributed by atoms with Crippen LogP contribution in [0.25, 0.3) is 11.4 Å². The second-order valence-electron chi connectivity index (χ2n) is 6.15. The number of pyridine rings is 2. The number of nitrogens with zero attached hydrogens (tertiary/aromatic N) is 2. The van der Waals surface area contributed by atoms with Gasteiger partial charge in [-0.25, -0.2) is 0 Å². The fourth-order valence-corrected chi connectivity index (χ4v) is 2.77. The first-order valence-corrected chi connectivity index (χ1v) is 8.45. The van der Waals surface area contributed by atoms with Gasteiger partial charge in [-0.05, 0) is 62.4 Å². The summed E-state index contributed by atoms with van der Waals surface area (Å²) in [4.78, 5) is 9.05. The Morgan fingerprint density at radius 3 is 1.27 bits per heavy atom. The third kappa shape index (κ3) is 3.30. The zero-order chi connectivity index (χ0) is 17.9. The number of nitrogens with one attached hydrogen (secondary N) is 4. The van der Waals surface area contributed by atoms with E-state index >= 15 is 0 Å². The molecule has 2 aromatic heterocycles. The molecule has 0 unspecified atom stereocenters. The molecule has 0 fully saturated rings. The number of aryl methyl sites for hydroxylation is 2. The number of allylic oxidation sites excluding steroid dienone is 4. The Morgan fingerprint density at radius 1 is 0.538 bits per heavy atom. The van der Waals surface area contributed by atoms with Gasteiger partial charge in [-0.1, -0.05) is 12.1 Å². The van der Waals surface area contributed by atoms with Gasteiger partial charge >= 0.3 is 0 Å². The minimum absolute atomic E-state index is 0.907. The van der Waals surface area contributed by atoms with E-state index in [2.05, 4.69) is 31.7 Å². The van der Waals surface area contributed by atoms with E-state index < -0.39 is 0 Å². The van der Waals surface area contributed by atoms with E-state index in [1.54, 1.807) is 0 Å². The highest BCUT2D eigenvalue weighted by Crippen LogP contribution is 2.18. The Labute approximate surface area is 152 Å². The van der Waals surface area contributed by atoms with Gasteiger partial charge < -0.3 is 0 Å². The predicted molar refractivity (Wildman–Crippen MR) is 103 cm³/mol. The smallest absolute Gasteiger partial charge is 0.0882 e. The minimum Gasteiger partial charge on any atom is -0.299 e. The van der Waals surface area contributed by atoms with Crippen LogP contribution in [-0.2, 0) is 0 Å². The summed E-state index contributed by atoms with van der Waals surface area (Å²) < 4.78 is 0. The summed E-state index contributed by atoms with van der Waals surface area (Å²) in [7, 11) is 0. The monoisotopic (exact) mass is 344 g/mol. The van der Waals surface area contributed by atoms with Crippen molar-refractivity contribution in [2.24, 2.45) is 0 Å². The molecule has 0 radical (unpaired) electrons. The molecule has 4 heterocycles. The molecule has 0 aromatic carbocycles. The normalized spacial score (nSPS) is 15.9. The highest BCUT2D eigenvalue weighted by atomic mass is 15.4. The lowest BCUT2D eigenvalue weighted by atomic mass is 10.1. The van der Waals surface area contributed by atoms with Crippen LogP contribution in [0.4, 0.5) is 0 Å². The van der Waals surface area contributed by atoms with Crippen LogP contribution < -0.4 is 21.7 Å². The number of hydrogen-bond acceptors (Lipinski definition) is 6. The number of aromatic nitrogens is 2. The molecule has 0 amide bonds. The summed E-state index contributed by atoms with van der Waals surface area (Å²) in [5.74, 6) is 0. The standard InChI is InChI=1S/C20H20N6/c1-13-5-3-7-15(21-13)17-9-11-19(25-23-17)20-12-10-18(24-26-20)16-8-4-6-14(2)22-16/h3-12,23-26H,1-2H3. The molecule has 2 aliphatic heterocycles. The molecular formula is C20H20N6. The molecule has 6 heteroatoms. The quantitative estimate of drug-likeness (QED) is 0.685. The van der Waals surface area contributed by atoms with Crippen LogP contribution in [0.15, 0.2) is 72.1 Å². The maximum atomic E-state index is 4.53. The molecule has 0 saturated heterocycles. The van der Waals surface area contributed by atoms with Gasteiger partial charge in [0.05, 0.1) is 34.2 Å². The van der Waals surface area contributed by atoms with Gasteiger partial charge in [0.1, 0.15) is 0 Å². The maximum absolute atomic E-state index is 4.53. The summed E-state index contributed by atoms with van der Waals surface area (Å²) in [6.07, 6.45) is 8.05. The van der Waals surface area contributed by atoms with Crippen molar-refractivity contribution in [2.75, 3.05) is 0 Å². The Hall–Kier alpha value is -3.54. The van der Waals surface area contributed by atoms with Crippen molar-refractivity contribution in [1.82, 2.24) is 31.7 Å². The van der Waals surface area contributed by atoms with Gasteiger partial charge in [-0.2, -0.15) is 0 Å². The molecule has 6 nitrogen and oxygen atoms in total. The van der Waals surface area contributed by atoms with Crippen molar-refractivity contribution >= 4 is 11.4 Å². The Kier molecular flexibility index (Phi) is 4.15. The van der Waals surface area contributed by atoms with E-state index in [9.17, 15) is 0 Å². The van der Waals surface area contributed by atoms with Crippen molar-refractivity contribution in [3.63, 3.8) is 0 Å². The summed E-state index contributed by atoms with van der Waals surface area (Å²) in [5, 5.41) is 0. The van der Waals surface area contributed by atoms with Crippen LogP contribution in [0, 0.1) is 13.8 Å². The van der Waals surface area contributed by atoms with Gasteiger partial charge in [-0.3, -0.25) is 31.7 Å². The van der Waals surface area contributed by atoms with E-state index in [4.69, 9.17) is 0 Å². The third-order valence-electron chi connectivity index (χ3n) is 4.12. The zero-order valence-corrected chi connectivity index (χ0v) is 14.7. The fraction of sp³-hybridized carbons (Fsp3) is 0.100. The molecule has 0 bridgehead atoms. The zero-order valence-electron chi connectivity index (χ0n) is 14.7. The molecule has 0 spiro atoms. The summed E-state index contributed by atoms with van der Waals surface area (Å²) >= 11 is 0. The molecule has 0 atom stereocenters. The van der Waals surface area contributed by atoms with E-state index in [0.717, 1.165) is 45.6 Å². The van der Waals surface area contributed by atoms with Gasteiger partial charge in [0.15, 0.2) is 0 Å². The molecule has 0 aliphatic carbocycles. The van der Waals surface area contributed by atoms with Crippen molar-refractivity contribution in [2.45, 2.75) is 13.8 Å². The molecule has 4 rings (SSSR count). The molecule has 2 aliphatic rings. The summed E-state index contributed by atoms with van der Waals surface area (Å²) in [6, 6.07) is 11.9. The van der Waals surface area contributed by atoms with Crippen molar-refractivity contribution in [3.05, 3.63) is 94.9 Å². The molecule has 130 valence electrons. The topological polar surface area (TPSA) is 73.9 Å². The van der Waals surface area contributed by atoms with Gasteiger partial charge in [0.25, 0.3) is 0 Å². The lowest BCUT2D eigenvalue weighted by Gasteiger charge is -2.25. The SMILES string of the molecule is Cc1cccc(C2=CC=C(C3=CC=C(c4cccc(C)n4)NN3)NN2)n1. The lowest BCUT2D eigenvalue weighted by molar-refractivity contribution is 0.674. The van der Waals surface area contributed by atoms with Crippen LogP contribution >= 0.6 is 0 Å². The molecule has 0 saturated carbocycles. The van der Waals surface area contributed by atoms with E-state index in [-0.39, 0.29) is 0 Å². The second-order valence-corrected chi connectivity index (χ2v) is 6.15. The number of hydrazine groups is 2. The Morgan fingerprint density at radius 2 is 0.923 bits per heavy atom. The second kappa shape index (κ2) is 6.76.